The molecule has 0 spiro atoms. The van der Waals surface area contributed by atoms with E-state index in [4.69, 9.17) is 20.5 Å². The lowest BCUT2D eigenvalue weighted by atomic mass is 9.98. The number of aromatic amines is 1. The van der Waals surface area contributed by atoms with Crippen molar-refractivity contribution in [3.8, 4) is 17.7 Å². The van der Waals surface area contributed by atoms with Crippen molar-refractivity contribution in [2.45, 2.75) is 25.8 Å². The molecule has 192 valence electrons. The molecule has 0 saturated heterocycles. The van der Waals surface area contributed by atoms with E-state index in [1.165, 1.54) is 4.90 Å². The van der Waals surface area contributed by atoms with Crippen molar-refractivity contribution in [1.82, 2.24) is 4.98 Å². The van der Waals surface area contributed by atoms with Crippen LogP contribution in [0.4, 0.5) is 11.4 Å². The number of amides is 1. The minimum atomic E-state index is -1.00. The van der Waals surface area contributed by atoms with Crippen LogP contribution in [0, 0.1) is 11.3 Å². The van der Waals surface area contributed by atoms with Crippen LogP contribution in [0.5, 0.6) is 11.6 Å². The number of likely N-dealkylation sites (N-methyl/N-ethyl adjacent to an activating group) is 1. The van der Waals surface area contributed by atoms with Crippen molar-refractivity contribution in [3.63, 3.8) is 0 Å². The zero-order valence-corrected chi connectivity index (χ0v) is 21.3. The summed E-state index contributed by atoms with van der Waals surface area (Å²) in [6.45, 7) is 3.80. The van der Waals surface area contributed by atoms with Gasteiger partial charge in [0.2, 0.25) is 5.91 Å². The van der Waals surface area contributed by atoms with E-state index in [-0.39, 0.29) is 11.8 Å². The lowest BCUT2D eigenvalue weighted by Gasteiger charge is -2.26. The molecule has 0 radical (unpaired) electrons. The smallest absolute Gasteiger partial charge is 0.246 e. The monoisotopic (exact) mass is 509 g/mol. The van der Waals surface area contributed by atoms with Gasteiger partial charge in [0.05, 0.1) is 46.3 Å². The first-order valence-corrected chi connectivity index (χ1v) is 12.1. The zero-order chi connectivity index (χ0) is 27.0. The van der Waals surface area contributed by atoms with E-state index in [9.17, 15) is 15.2 Å². The van der Waals surface area contributed by atoms with Gasteiger partial charge in [0, 0.05) is 35.7 Å². The van der Waals surface area contributed by atoms with Gasteiger partial charge in [-0.2, -0.15) is 10.1 Å². The molecule has 9 heteroatoms. The number of fused-ring (bicyclic) bond motifs is 2. The Kier molecular flexibility index (Phi) is 6.36. The van der Waals surface area contributed by atoms with Crippen LogP contribution >= 0.6 is 0 Å². The summed E-state index contributed by atoms with van der Waals surface area (Å²) < 4.78 is 0. The lowest BCUT2D eigenvalue weighted by molar-refractivity contribution is -0.215. The molecule has 1 aromatic heterocycles. The normalized spacial score (nSPS) is 13.5. The summed E-state index contributed by atoms with van der Waals surface area (Å²) >= 11 is 0. The molecule has 1 amide bonds. The van der Waals surface area contributed by atoms with Crippen LogP contribution in [0.1, 0.15) is 36.1 Å². The van der Waals surface area contributed by atoms with Gasteiger partial charge in [0.25, 0.3) is 0 Å². The van der Waals surface area contributed by atoms with E-state index >= 15 is 0 Å². The number of carbonyl (C=O) groups is 1. The zero-order valence-electron chi connectivity index (χ0n) is 21.3. The lowest BCUT2D eigenvalue weighted by Crippen LogP contribution is -2.49. The van der Waals surface area contributed by atoms with E-state index in [1.807, 2.05) is 18.2 Å². The van der Waals surface area contributed by atoms with Crippen molar-refractivity contribution in [2.75, 3.05) is 18.6 Å². The number of rotatable bonds is 5. The number of aliphatic imine (C=N–C) groups is 1. The molecule has 1 aliphatic rings. The maximum atomic E-state index is 12.6. The molecule has 1 aliphatic heterocycles. The van der Waals surface area contributed by atoms with E-state index in [0.717, 1.165) is 12.0 Å². The van der Waals surface area contributed by atoms with Gasteiger partial charge in [-0.25, -0.2) is 4.99 Å². The quantitative estimate of drug-likeness (QED) is 0.268. The van der Waals surface area contributed by atoms with Gasteiger partial charge in [-0.05, 0) is 56.3 Å². The molecule has 4 aromatic rings. The van der Waals surface area contributed by atoms with Gasteiger partial charge in [0.15, 0.2) is 11.6 Å². The van der Waals surface area contributed by atoms with Crippen LogP contribution in [-0.4, -0.2) is 40.9 Å². The van der Waals surface area contributed by atoms with Gasteiger partial charge in [-0.15, -0.1) is 0 Å². The number of nitrogens with one attached hydrogen (secondary N) is 1. The fourth-order valence-electron chi connectivity index (χ4n) is 4.43. The van der Waals surface area contributed by atoms with Crippen LogP contribution in [-0.2, 0) is 16.1 Å². The number of H-pyrrole nitrogens is 1. The molecule has 0 aliphatic carbocycles. The van der Waals surface area contributed by atoms with Crippen molar-refractivity contribution in [1.29, 1.82) is 5.26 Å². The van der Waals surface area contributed by atoms with E-state index in [1.54, 1.807) is 63.4 Å². The Bertz CT molecular complexity index is 1610. The van der Waals surface area contributed by atoms with E-state index < -0.39 is 5.54 Å². The van der Waals surface area contributed by atoms with Gasteiger partial charge in [0.1, 0.15) is 0 Å². The van der Waals surface area contributed by atoms with Crippen LogP contribution in [0.3, 0.4) is 0 Å². The van der Waals surface area contributed by atoms with Crippen molar-refractivity contribution in [2.24, 2.45) is 10.7 Å². The topological polar surface area (TPSA) is 137 Å². The summed E-state index contributed by atoms with van der Waals surface area (Å²) in [4.78, 5) is 32.6. The van der Waals surface area contributed by atoms with Crippen molar-refractivity contribution >= 4 is 33.9 Å². The first-order chi connectivity index (χ1) is 18.2. The summed E-state index contributed by atoms with van der Waals surface area (Å²) in [7, 11) is 1.68. The molecule has 9 nitrogen and oxygen atoms in total. The number of carbonyl (C=O) groups excluding carboxylic acids is 1. The van der Waals surface area contributed by atoms with Gasteiger partial charge < -0.3 is 25.6 Å². The second-order valence-electron chi connectivity index (χ2n) is 9.76. The second kappa shape index (κ2) is 9.67. The Hall–Kier alpha value is -4.65. The van der Waals surface area contributed by atoms with E-state index in [0.29, 0.717) is 57.0 Å². The number of aromatic nitrogens is 1. The molecule has 5 rings (SSSR count). The summed E-state index contributed by atoms with van der Waals surface area (Å²) in [5.74, 6) is 0.300. The molecule has 4 N–H and O–H groups in total. The molecule has 0 unspecified atom stereocenters. The van der Waals surface area contributed by atoms with Gasteiger partial charge in [-0.3, -0.25) is 4.79 Å². The molecular formula is C29H27N5O4. The van der Waals surface area contributed by atoms with Crippen LogP contribution in [0.25, 0.3) is 10.9 Å². The van der Waals surface area contributed by atoms with Crippen LogP contribution in [0.15, 0.2) is 65.7 Å². The van der Waals surface area contributed by atoms with Crippen LogP contribution < -0.4 is 15.5 Å². The first-order valence-electron chi connectivity index (χ1n) is 12.1. The summed E-state index contributed by atoms with van der Waals surface area (Å²) in [5, 5.41) is 21.0. The Balaban J connectivity index is 1.63. The van der Waals surface area contributed by atoms with E-state index in [2.05, 4.69) is 11.1 Å². The number of nitrogens with zero attached hydrogens (tertiary/aromatic N) is 3. The first kappa shape index (κ1) is 25.0. The average Bonchev–Trinajstić information content (AvgIpc) is 3.24. The number of nitrogens with two attached hydrogens (primary N) is 1. The summed E-state index contributed by atoms with van der Waals surface area (Å²) in [6, 6.07) is 20.2. The number of benzene rings is 3. The third kappa shape index (κ3) is 4.70. The van der Waals surface area contributed by atoms with Gasteiger partial charge >= 0.3 is 0 Å². The molecule has 38 heavy (non-hydrogen) atoms. The van der Waals surface area contributed by atoms with Crippen LogP contribution in [0.2, 0.25) is 0 Å². The molecule has 0 saturated carbocycles. The number of hydrogen-bond donors (Lipinski definition) is 3. The molecule has 3 aromatic carbocycles. The molecule has 2 heterocycles. The molecule has 0 bridgehead atoms. The average molecular weight is 510 g/mol. The summed E-state index contributed by atoms with van der Waals surface area (Å²) in [5.41, 5.74) is 10.0. The third-order valence-electron chi connectivity index (χ3n) is 6.42. The van der Waals surface area contributed by atoms with Crippen molar-refractivity contribution < 1.29 is 19.7 Å². The highest BCUT2D eigenvalue weighted by atomic mass is 17.2. The standard InChI is InChI=1S/C29H27N5O4/c1-29(2,31)28(36)34(3)21-9-7-20(8-10-21)32-26(19-6-5-18-12-13-37-38-24(18)15-19)25-22-11-4-17(16-30)14-23(22)33-27(25)35/h4-11,14-15,33,35H,12-13,31H2,1-3H3. The molecule has 0 fully saturated rings. The fraction of sp³-hybridized carbons (Fsp3) is 0.207. The highest BCUT2D eigenvalue weighted by Crippen LogP contribution is 2.34. The molecular weight excluding hydrogens is 482 g/mol. The minimum Gasteiger partial charge on any atom is -0.494 e. The Morgan fingerprint density at radius 3 is 2.63 bits per heavy atom. The molecule has 0 atom stereocenters. The highest BCUT2D eigenvalue weighted by Gasteiger charge is 2.26. The van der Waals surface area contributed by atoms with Crippen molar-refractivity contribution in [3.05, 3.63) is 82.9 Å². The highest BCUT2D eigenvalue weighted by molar-refractivity contribution is 6.22. The maximum Gasteiger partial charge on any atom is 0.246 e. The number of nitriles is 1. The SMILES string of the molecule is CN(C(=O)C(C)(C)N)c1ccc(N=C(c2ccc3c(c2)OOCC3)c2c(O)[nH]c3cc(C#N)ccc23)cc1. The fourth-order valence-corrected chi connectivity index (χ4v) is 4.43. The maximum absolute atomic E-state index is 12.6. The van der Waals surface area contributed by atoms with Gasteiger partial charge in [-0.1, -0.05) is 18.2 Å². The largest absolute Gasteiger partial charge is 0.494 e. The predicted molar refractivity (Wildman–Crippen MR) is 145 cm³/mol. The third-order valence-corrected chi connectivity index (χ3v) is 6.42. The number of hydrogen-bond acceptors (Lipinski definition) is 7. The second-order valence-corrected chi connectivity index (χ2v) is 9.76. The Labute approximate surface area is 219 Å². The Morgan fingerprint density at radius 2 is 1.92 bits per heavy atom. The minimum absolute atomic E-state index is 0.0733. The summed E-state index contributed by atoms with van der Waals surface area (Å²) in [6.07, 6.45) is 0.727. The Morgan fingerprint density at radius 1 is 1.16 bits per heavy atom. The number of anilines is 1. The predicted octanol–water partition coefficient (Wildman–Crippen LogP) is 4.48. The number of aromatic hydroxyl groups is 1.